The minimum atomic E-state index is 0.0957. The first kappa shape index (κ1) is 9.47. The molecule has 0 aromatic carbocycles. The Kier molecular flexibility index (Phi) is 2.61. The van der Waals surface area contributed by atoms with E-state index >= 15 is 0 Å². The number of hydrogen-bond donors (Lipinski definition) is 1. The number of hydrogen-bond acceptors (Lipinski definition) is 2. The van der Waals surface area contributed by atoms with E-state index in [-0.39, 0.29) is 5.60 Å². The summed E-state index contributed by atoms with van der Waals surface area (Å²) in [6.45, 7) is 6.53. The molecule has 1 saturated heterocycles. The molecule has 0 aromatic heterocycles. The zero-order valence-electron chi connectivity index (χ0n) is 8.81. The molecule has 0 aromatic rings. The van der Waals surface area contributed by atoms with E-state index in [1.165, 1.54) is 19.3 Å². The minimum Gasteiger partial charge on any atom is -0.369 e. The third-order valence-electron chi connectivity index (χ3n) is 3.70. The molecule has 2 atom stereocenters. The molecule has 2 aliphatic rings. The third kappa shape index (κ3) is 1.89. The fourth-order valence-electron chi connectivity index (χ4n) is 2.21. The molecule has 0 amide bonds. The highest BCUT2D eigenvalue weighted by Gasteiger charge is 2.37. The van der Waals surface area contributed by atoms with Crippen LogP contribution in [-0.2, 0) is 4.74 Å². The summed E-state index contributed by atoms with van der Waals surface area (Å²) in [4.78, 5) is 0. The zero-order chi connectivity index (χ0) is 9.31. The molecule has 76 valence electrons. The van der Waals surface area contributed by atoms with Gasteiger partial charge in [0.15, 0.2) is 0 Å². The van der Waals surface area contributed by atoms with Gasteiger partial charge in [0, 0.05) is 13.1 Å². The van der Waals surface area contributed by atoms with Crippen LogP contribution in [0.5, 0.6) is 0 Å². The molecule has 1 saturated carbocycles. The predicted octanol–water partition coefficient (Wildman–Crippen LogP) is 1.94. The molecule has 13 heavy (non-hydrogen) atoms. The van der Waals surface area contributed by atoms with Crippen molar-refractivity contribution in [1.82, 2.24) is 5.32 Å². The number of rotatable bonds is 2. The molecular formula is C11H21NO. The van der Waals surface area contributed by atoms with Crippen molar-refractivity contribution < 1.29 is 4.74 Å². The molecule has 1 heterocycles. The van der Waals surface area contributed by atoms with Gasteiger partial charge in [0.25, 0.3) is 0 Å². The largest absolute Gasteiger partial charge is 0.369 e. The Bertz CT molecular complexity index is 179. The zero-order valence-corrected chi connectivity index (χ0v) is 8.81. The highest BCUT2D eigenvalue weighted by Crippen LogP contribution is 2.34. The molecule has 2 rings (SSSR count). The van der Waals surface area contributed by atoms with Crippen LogP contribution in [0.4, 0.5) is 0 Å². The second-order valence-electron chi connectivity index (χ2n) is 4.78. The van der Waals surface area contributed by atoms with Gasteiger partial charge in [-0.2, -0.15) is 0 Å². The van der Waals surface area contributed by atoms with E-state index in [2.05, 4.69) is 19.2 Å². The minimum absolute atomic E-state index is 0.0957. The summed E-state index contributed by atoms with van der Waals surface area (Å²) in [5.41, 5.74) is 0.0957. The number of morpholine rings is 1. The van der Waals surface area contributed by atoms with Gasteiger partial charge in [0.1, 0.15) is 0 Å². The van der Waals surface area contributed by atoms with Gasteiger partial charge in [-0.05, 0) is 32.1 Å². The first-order chi connectivity index (χ1) is 6.23. The highest BCUT2D eigenvalue weighted by molar-refractivity contribution is 4.89. The van der Waals surface area contributed by atoms with Crippen LogP contribution in [-0.4, -0.2) is 24.8 Å². The van der Waals surface area contributed by atoms with Gasteiger partial charge in [0.2, 0.25) is 0 Å². The predicted molar refractivity (Wildman–Crippen MR) is 53.8 cm³/mol. The van der Waals surface area contributed by atoms with Gasteiger partial charge in [-0.25, -0.2) is 0 Å². The van der Waals surface area contributed by atoms with E-state index in [0.717, 1.165) is 25.4 Å². The molecule has 1 aliphatic carbocycles. The summed E-state index contributed by atoms with van der Waals surface area (Å²) in [5, 5.41) is 3.50. The van der Waals surface area contributed by atoms with Crippen LogP contribution < -0.4 is 5.32 Å². The molecule has 1 aliphatic heterocycles. The lowest BCUT2D eigenvalue weighted by Crippen LogP contribution is -2.54. The Labute approximate surface area is 81.0 Å². The molecule has 0 radical (unpaired) electrons. The molecule has 2 heteroatoms. The maximum atomic E-state index is 6.16. The topological polar surface area (TPSA) is 21.3 Å². The normalized spacial score (nSPS) is 41.5. The van der Waals surface area contributed by atoms with Crippen molar-refractivity contribution >= 4 is 0 Å². The van der Waals surface area contributed by atoms with Crippen molar-refractivity contribution in [1.29, 1.82) is 0 Å². The van der Waals surface area contributed by atoms with E-state index in [4.69, 9.17) is 4.74 Å². The van der Waals surface area contributed by atoms with Crippen molar-refractivity contribution in [3.05, 3.63) is 0 Å². The van der Waals surface area contributed by atoms with Crippen LogP contribution in [0.2, 0.25) is 0 Å². The summed E-state index contributed by atoms with van der Waals surface area (Å²) < 4.78 is 6.16. The van der Waals surface area contributed by atoms with E-state index < -0.39 is 0 Å². The van der Waals surface area contributed by atoms with Gasteiger partial charge in [0.05, 0.1) is 11.7 Å². The second-order valence-corrected chi connectivity index (χ2v) is 4.78. The lowest BCUT2D eigenvalue weighted by atomic mass is 9.80. The molecule has 0 spiro atoms. The Morgan fingerprint density at radius 3 is 2.77 bits per heavy atom. The van der Waals surface area contributed by atoms with Gasteiger partial charge in [-0.3, -0.25) is 0 Å². The fourth-order valence-corrected chi connectivity index (χ4v) is 2.21. The highest BCUT2D eigenvalue weighted by atomic mass is 16.5. The standard InChI is InChI=1S/C11H21NO/c1-3-11(2)8-12-7-10(13-11)9-5-4-6-9/h9-10,12H,3-8H2,1-2H3. The Balaban J connectivity index is 1.91. The van der Waals surface area contributed by atoms with Crippen LogP contribution in [0.15, 0.2) is 0 Å². The van der Waals surface area contributed by atoms with Crippen molar-refractivity contribution in [2.45, 2.75) is 51.2 Å². The second kappa shape index (κ2) is 3.58. The van der Waals surface area contributed by atoms with Crippen LogP contribution >= 0.6 is 0 Å². The average molecular weight is 183 g/mol. The molecule has 2 unspecified atom stereocenters. The van der Waals surface area contributed by atoms with Crippen molar-refractivity contribution in [3.8, 4) is 0 Å². The third-order valence-corrected chi connectivity index (χ3v) is 3.70. The Morgan fingerprint density at radius 2 is 2.23 bits per heavy atom. The van der Waals surface area contributed by atoms with Crippen LogP contribution in [0.3, 0.4) is 0 Å². The summed E-state index contributed by atoms with van der Waals surface area (Å²) in [7, 11) is 0. The smallest absolute Gasteiger partial charge is 0.0780 e. The summed E-state index contributed by atoms with van der Waals surface area (Å²) in [6, 6.07) is 0. The fraction of sp³-hybridized carbons (Fsp3) is 1.00. The average Bonchev–Trinajstić information content (AvgIpc) is 2.01. The monoisotopic (exact) mass is 183 g/mol. The molecule has 2 fully saturated rings. The first-order valence-electron chi connectivity index (χ1n) is 5.62. The number of nitrogens with one attached hydrogen (secondary N) is 1. The van der Waals surface area contributed by atoms with E-state index in [1.807, 2.05) is 0 Å². The van der Waals surface area contributed by atoms with Crippen molar-refractivity contribution in [2.75, 3.05) is 13.1 Å². The van der Waals surface area contributed by atoms with Crippen molar-refractivity contribution in [2.24, 2.45) is 5.92 Å². The summed E-state index contributed by atoms with van der Waals surface area (Å²) in [5.74, 6) is 0.846. The molecule has 0 bridgehead atoms. The molecular weight excluding hydrogens is 162 g/mol. The van der Waals surface area contributed by atoms with Crippen molar-refractivity contribution in [3.63, 3.8) is 0 Å². The molecule has 2 nitrogen and oxygen atoms in total. The van der Waals surface area contributed by atoms with Gasteiger partial charge in [-0.1, -0.05) is 13.3 Å². The van der Waals surface area contributed by atoms with Gasteiger partial charge < -0.3 is 10.1 Å². The van der Waals surface area contributed by atoms with Crippen LogP contribution in [0.25, 0.3) is 0 Å². The lowest BCUT2D eigenvalue weighted by Gasteiger charge is -2.44. The Hall–Kier alpha value is -0.0800. The SMILES string of the molecule is CCC1(C)CNCC(C2CCC2)O1. The van der Waals surface area contributed by atoms with E-state index in [9.17, 15) is 0 Å². The number of ether oxygens (including phenoxy) is 1. The van der Waals surface area contributed by atoms with E-state index in [0.29, 0.717) is 6.10 Å². The first-order valence-corrected chi connectivity index (χ1v) is 5.62. The van der Waals surface area contributed by atoms with E-state index in [1.54, 1.807) is 0 Å². The summed E-state index contributed by atoms with van der Waals surface area (Å²) in [6.07, 6.45) is 5.78. The van der Waals surface area contributed by atoms with Crippen LogP contribution in [0.1, 0.15) is 39.5 Å². The van der Waals surface area contributed by atoms with Crippen LogP contribution in [0, 0.1) is 5.92 Å². The lowest BCUT2D eigenvalue weighted by molar-refractivity contribution is -0.138. The maximum absolute atomic E-state index is 6.16. The molecule has 1 N–H and O–H groups in total. The Morgan fingerprint density at radius 1 is 1.46 bits per heavy atom. The summed E-state index contributed by atoms with van der Waals surface area (Å²) >= 11 is 0. The maximum Gasteiger partial charge on any atom is 0.0780 e. The van der Waals surface area contributed by atoms with Gasteiger partial charge in [-0.15, -0.1) is 0 Å². The quantitative estimate of drug-likeness (QED) is 0.706. The van der Waals surface area contributed by atoms with Gasteiger partial charge >= 0.3 is 0 Å².